The first-order chi connectivity index (χ1) is 46.7. The Balaban J connectivity index is 5.31. The van der Waals surface area contributed by atoms with Crippen LogP contribution in [0.4, 0.5) is 0 Å². The van der Waals surface area contributed by atoms with Gasteiger partial charge in [0.2, 0.25) is 0 Å². The van der Waals surface area contributed by atoms with E-state index in [2.05, 4.69) is 64.2 Å². The summed E-state index contributed by atoms with van der Waals surface area (Å²) >= 11 is 0. The predicted molar refractivity (Wildman–Crippen MR) is 391 cm³/mol. The summed E-state index contributed by atoms with van der Waals surface area (Å²) in [6.07, 6.45) is 65.5. The molecule has 0 heterocycles. The summed E-state index contributed by atoms with van der Waals surface area (Å²) in [6.45, 7) is 4.89. The number of aliphatic hydroxyl groups is 1. The van der Waals surface area contributed by atoms with Crippen LogP contribution in [-0.2, 0) is 65.4 Å². The van der Waals surface area contributed by atoms with E-state index in [4.69, 9.17) is 37.0 Å². The molecule has 0 aliphatic rings. The minimum atomic E-state index is -4.97. The highest BCUT2D eigenvalue weighted by Crippen LogP contribution is 2.45. The van der Waals surface area contributed by atoms with E-state index in [1.807, 2.05) is 0 Å². The molecule has 0 aromatic heterocycles. The molecule has 0 spiro atoms. The number of ether oxygens (including phenoxy) is 4. The second-order valence-electron chi connectivity index (χ2n) is 26.7. The van der Waals surface area contributed by atoms with Crippen molar-refractivity contribution in [2.45, 2.75) is 393 Å². The SMILES string of the molecule is CCCCCC/C=C\CCCCCCCC(=O)OC[C@H](COP(=O)(O)OC[C@H](O)COP(=O)(O)OC[C@@H](COC(=O)CCCCCCC/C=C\CCCCCCCC)OC(=O)CCCCCCCCCCCCCCCCC)OC(=O)CCCCCCC/C=C\CCCCCC. The van der Waals surface area contributed by atoms with Gasteiger partial charge in [0, 0.05) is 25.7 Å². The maximum Gasteiger partial charge on any atom is 0.472 e. The van der Waals surface area contributed by atoms with E-state index < -0.39 is 97.5 Å². The molecule has 0 bridgehead atoms. The first-order valence-corrected chi connectivity index (χ1v) is 42.2. The Kier molecular flexibility index (Phi) is 68.7. The molecule has 0 aliphatic heterocycles. The normalized spacial score (nSPS) is 14.1. The zero-order valence-corrected chi connectivity index (χ0v) is 63.4. The summed E-state index contributed by atoms with van der Waals surface area (Å²) in [7, 11) is -9.93. The third-order valence-corrected chi connectivity index (χ3v) is 19.0. The van der Waals surface area contributed by atoms with Crippen LogP contribution in [0.1, 0.15) is 374 Å². The van der Waals surface area contributed by atoms with E-state index >= 15 is 0 Å². The van der Waals surface area contributed by atoms with Gasteiger partial charge in [0.25, 0.3) is 0 Å². The molecule has 3 N–H and O–H groups in total. The molecule has 0 aromatic carbocycles. The monoisotopic (exact) mass is 1400 g/mol. The Labute approximate surface area is 585 Å². The molecule has 0 amide bonds. The standard InChI is InChI=1S/C77H144O17P2/c1-5-9-13-17-21-25-29-33-35-39-42-46-50-54-58-62-75(80)88-68-73(94-77(82)64-60-56-52-48-44-40-36-34-30-26-22-18-14-10-6-2)70-92-96(85,86)90-66-71(78)65-89-95(83,84)91-69-72(93-76(81)63-59-55-51-47-43-38-32-28-24-20-16-12-8-4)67-87-74(79)61-57-53-49-45-41-37-31-27-23-19-15-11-7-3/h27-28,31-33,35,71-73,78H,5-26,29-30,34,36-70H2,1-4H3,(H,83,84)(H,85,86)/b31-27-,32-28-,35-33-/t71-,72+,73+/m0/s1. The summed E-state index contributed by atoms with van der Waals surface area (Å²) < 4.78 is 68.5. The molecule has 0 fully saturated rings. The van der Waals surface area contributed by atoms with Crippen molar-refractivity contribution in [1.29, 1.82) is 0 Å². The smallest absolute Gasteiger partial charge is 0.462 e. The molecule has 564 valence electrons. The van der Waals surface area contributed by atoms with Crippen LogP contribution >= 0.6 is 15.6 Å². The lowest BCUT2D eigenvalue weighted by Crippen LogP contribution is -2.30. The highest BCUT2D eigenvalue weighted by atomic mass is 31.2. The lowest BCUT2D eigenvalue weighted by molar-refractivity contribution is -0.161. The van der Waals surface area contributed by atoms with Crippen LogP contribution in [0.15, 0.2) is 36.5 Å². The van der Waals surface area contributed by atoms with Gasteiger partial charge in [-0.3, -0.25) is 37.3 Å². The molecule has 0 saturated heterocycles. The van der Waals surface area contributed by atoms with Gasteiger partial charge in [-0.05, 0) is 103 Å². The van der Waals surface area contributed by atoms with E-state index in [0.29, 0.717) is 25.7 Å². The average molecular weight is 1400 g/mol. The van der Waals surface area contributed by atoms with Gasteiger partial charge in [-0.15, -0.1) is 0 Å². The molecule has 2 unspecified atom stereocenters. The van der Waals surface area contributed by atoms with E-state index in [9.17, 15) is 43.2 Å². The Morgan fingerprint density at radius 3 is 0.729 bits per heavy atom. The topological polar surface area (TPSA) is 237 Å². The number of unbranched alkanes of at least 4 members (excludes halogenated alkanes) is 43. The van der Waals surface area contributed by atoms with Crippen molar-refractivity contribution in [3.63, 3.8) is 0 Å². The quantitative estimate of drug-likeness (QED) is 0.0169. The van der Waals surface area contributed by atoms with Gasteiger partial charge in [0.1, 0.15) is 19.3 Å². The van der Waals surface area contributed by atoms with E-state index in [0.717, 1.165) is 141 Å². The van der Waals surface area contributed by atoms with Crippen molar-refractivity contribution in [3.8, 4) is 0 Å². The third kappa shape index (κ3) is 69.7. The van der Waals surface area contributed by atoms with Crippen molar-refractivity contribution in [2.24, 2.45) is 0 Å². The fourth-order valence-corrected chi connectivity index (χ4v) is 12.6. The van der Waals surface area contributed by atoms with Crippen LogP contribution in [0.3, 0.4) is 0 Å². The molecular weight excluding hydrogens is 1260 g/mol. The molecule has 0 rings (SSSR count). The second kappa shape index (κ2) is 70.7. The zero-order valence-electron chi connectivity index (χ0n) is 61.6. The fourth-order valence-electron chi connectivity index (χ4n) is 11.0. The molecule has 19 heteroatoms. The Morgan fingerprint density at radius 1 is 0.281 bits per heavy atom. The predicted octanol–water partition coefficient (Wildman–Crippen LogP) is 22.3. The number of carbonyl (C=O) groups is 4. The number of aliphatic hydroxyl groups excluding tert-OH is 1. The number of allylic oxidation sites excluding steroid dienone is 6. The van der Waals surface area contributed by atoms with E-state index in [1.165, 1.54) is 154 Å². The first kappa shape index (κ1) is 93.3. The van der Waals surface area contributed by atoms with Crippen LogP contribution in [0.2, 0.25) is 0 Å². The van der Waals surface area contributed by atoms with Crippen LogP contribution in [0, 0.1) is 0 Å². The molecule has 96 heavy (non-hydrogen) atoms. The molecule has 17 nitrogen and oxygen atoms in total. The van der Waals surface area contributed by atoms with Crippen LogP contribution in [0.5, 0.6) is 0 Å². The fraction of sp³-hybridized carbons (Fsp3) is 0.870. The summed E-state index contributed by atoms with van der Waals surface area (Å²) in [4.78, 5) is 72.8. The van der Waals surface area contributed by atoms with Crippen molar-refractivity contribution < 1.29 is 80.2 Å². The number of esters is 4. The number of phosphoric acid groups is 2. The second-order valence-corrected chi connectivity index (χ2v) is 29.6. The molecule has 0 saturated carbocycles. The summed E-state index contributed by atoms with van der Waals surface area (Å²) in [5.74, 6) is -2.16. The molecular formula is C77H144O17P2. The van der Waals surface area contributed by atoms with Crippen LogP contribution < -0.4 is 0 Å². The van der Waals surface area contributed by atoms with Crippen molar-refractivity contribution in [3.05, 3.63) is 36.5 Å². The maximum absolute atomic E-state index is 13.1. The highest BCUT2D eigenvalue weighted by molar-refractivity contribution is 7.47. The molecule has 0 aromatic rings. The van der Waals surface area contributed by atoms with Gasteiger partial charge in [-0.25, -0.2) is 9.13 Å². The van der Waals surface area contributed by atoms with Crippen LogP contribution in [-0.4, -0.2) is 96.7 Å². The Bertz CT molecular complexity index is 1970. The molecule has 5 atom stereocenters. The number of phosphoric ester groups is 2. The van der Waals surface area contributed by atoms with Gasteiger partial charge in [-0.1, -0.05) is 282 Å². The minimum Gasteiger partial charge on any atom is -0.462 e. The summed E-state index contributed by atoms with van der Waals surface area (Å²) in [5.41, 5.74) is 0. The number of carbonyl (C=O) groups excluding carboxylic acids is 4. The van der Waals surface area contributed by atoms with E-state index in [1.54, 1.807) is 0 Å². The molecule has 0 radical (unpaired) electrons. The van der Waals surface area contributed by atoms with E-state index in [-0.39, 0.29) is 25.7 Å². The number of hydrogen-bond donors (Lipinski definition) is 3. The minimum absolute atomic E-state index is 0.0892. The average Bonchev–Trinajstić information content (AvgIpc) is 1.17. The summed E-state index contributed by atoms with van der Waals surface area (Å²) in [5, 5.41) is 10.6. The lowest BCUT2D eigenvalue weighted by Gasteiger charge is -2.21. The van der Waals surface area contributed by atoms with Gasteiger partial charge < -0.3 is 33.8 Å². The van der Waals surface area contributed by atoms with Gasteiger partial charge in [0.05, 0.1) is 26.4 Å². The molecule has 0 aliphatic carbocycles. The van der Waals surface area contributed by atoms with Gasteiger partial charge >= 0.3 is 39.5 Å². The number of hydrogen-bond acceptors (Lipinski definition) is 15. The number of rotatable bonds is 75. The van der Waals surface area contributed by atoms with Crippen LogP contribution in [0.25, 0.3) is 0 Å². The van der Waals surface area contributed by atoms with Crippen molar-refractivity contribution >= 4 is 39.5 Å². The summed E-state index contributed by atoms with van der Waals surface area (Å²) in [6, 6.07) is 0. The van der Waals surface area contributed by atoms with Crippen molar-refractivity contribution in [1.82, 2.24) is 0 Å². The highest BCUT2D eigenvalue weighted by Gasteiger charge is 2.30. The maximum atomic E-state index is 13.1. The zero-order chi connectivity index (χ0) is 70.4. The van der Waals surface area contributed by atoms with Gasteiger partial charge in [-0.2, -0.15) is 0 Å². The Hall–Kier alpha value is -2.72. The first-order valence-electron chi connectivity index (χ1n) is 39.2. The lowest BCUT2D eigenvalue weighted by atomic mass is 10.0. The van der Waals surface area contributed by atoms with Gasteiger partial charge in [0.15, 0.2) is 12.2 Å². The largest absolute Gasteiger partial charge is 0.472 e. The third-order valence-electron chi connectivity index (χ3n) is 17.1. The van der Waals surface area contributed by atoms with Crippen molar-refractivity contribution in [2.75, 3.05) is 39.6 Å². The Morgan fingerprint density at radius 2 is 0.479 bits per heavy atom.